The van der Waals surface area contributed by atoms with Crippen LogP contribution in [-0.4, -0.2) is 23.1 Å². The summed E-state index contributed by atoms with van der Waals surface area (Å²) in [4.78, 5) is 22.4. The predicted octanol–water partition coefficient (Wildman–Crippen LogP) is 2.67. The van der Waals surface area contributed by atoms with Crippen molar-refractivity contribution in [2.24, 2.45) is 0 Å². The van der Waals surface area contributed by atoms with Crippen LogP contribution < -0.4 is 0 Å². The molecule has 1 unspecified atom stereocenters. The first kappa shape index (κ1) is 13.7. The number of hydrogen-bond acceptors (Lipinski definition) is 3. The minimum Gasteiger partial charge on any atom is -0.478 e. The molecule has 1 atom stereocenters. The largest absolute Gasteiger partial charge is 0.478 e. The SMILES string of the molecule is C=CCC(C=C)OC(=O)c1ccc(C(=O)O)cc1. The lowest BCUT2D eigenvalue weighted by atomic mass is 10.1. The van der Waals surface area contributed by atoms with Crippen molar-refractivity contribution in [2.75, 3.05) is 0 Å². The second-order valence-corrected chi connectivity index (χ2v) is 3.59. The Labute approximate surface area is 105 Å². The van der Waals surface area contributed by atoms with Crippen molar-refractivity contribution in [2.45, 2.75) is 12.5 Å². The first-order valence-electron chi connectivity index (χ1n) is 5.36. The summed E-state index contributed by atoms with van der Waals surface area (Å²) in [5.74, 6) is -1.55. The van der Waals surface area contributed by atoms with Crippen LogP contribution >= 0.6 is 0 Å². The molecule has 0 amide bonds. The van der Waals surface area contributed by atoms with Gasteiger partial charge in [0.05, 0.1) is 11.1 Å². The molecule has 0 saturated carbocycles. The van der Waals surface area contributed by atoms with E-state index in [1.165, 1.54) is 30.3 Å². The number of rotatable bonds is 6. The van der Waals surface area contributed by atoms with Gasteiger partial charge in [-0.25, -0.2) is 9.59 Å². The van der Waals surface area contributed by atoms with E-state index in [2.05, 4.69) is 13.2 Å². The van der Waals surface area contributed by atoms with E-state index < -0.39 is 18.0 Å². The maximum absolute atomic E-state index is 11.7. The van der Waals surface area contributed by atoms with Crippen LogP contribution in [0.1, 0.15) is 27.1 Å². The Balaban J connectivity index is 2.74. The molecule has 1 rings (SSSR count). The topological polar surface area (TPSA) is 63.6 Å². The molecule has 0 fully saturated rings. The highest BCUT2D eigenvalue weighted by atomic mass is 16.5. The quantitative estimate of drug-likeness (QED) is 0.619. The van der Waals surface area contributed by atoms with Crippen molar-refractivity contribution in [1.82, 2.24) is 0 Å². The van der Waals surface area contributed by atoms with Gasteiger partial charge in [0.15, 0.2) is 0 Å². The number of carboxylic acid groups (broad SMARTS) is 1. The summed E-state index contributed by atoms with van der Waals surface area (Å²) >= 11 is 0. The fourth-order valence-electron chi connectivity index (χ4n) is 1.31. The van der Waals surface area contributed by atoms with Gasteiger partial charge in [0.2, 0.25) is 0 Å². The van der Waals surface area contributed by atoms with Gasteiger partial charge in [-0.3, -0.25) is 0 Å². The Bertz CT molecular complexity index is 459. The number of carboxylic acids is 1. The maximum atomic E-state index is 11.7. The summed E-state index contributed by atoms with van der Waals surface area (Å²) in [6.45, 7) is 7.12. The van der Waals surface area contributed by atoms with Gasteiger partial charge < -0.3 is 9.84 Å². The second kappa shape index (κ2) is 6.39. The Hall–Kier alpha value is -2.36. The Morgan fingerprint density at radius 1 is 1.22 bits per heavy atom. The van der Waals surface area contributed by atoms with E-state index in [4.69, 9.17) is 9.84 Å². The van der Waals surface area contributed by atoms with E-state index in [-0.39, 0.29) is 5.56 Å². The third-order valence-electron chi connectivity index (χ3n) is 2.29. The van der Waals surface area contributed by atoms with E-state index >= 15 is 0 Å². The minimum atomic E-state index is -1.04. The normalized spacial score (nSPS) is 11.3. The van der Waals surface area contributed by atoms with Crippen LogP contribution in [0.3, 0.4) is 0 Å². The third kappa shape index (κ3) is 3.59. The zero-order chi connectivity index (χ0) is 13.5. The number of hydrogen-bond donors (Lipinski definition) is 1. The summed E-state index contributed by atoms with van der Waals surface area (Å²) in [6, 6.07) is 5.55. The standard InChI is InChI=1S/C14H14O4/c1-3-5-12(4-2)18-14(17)11-8-6-10(7-9-11)13(15)16/h3-4,6-9,12H,1-2,5H2,(H,15,16). The van der Waals surface area contributed by atoms with E-state index in [1.54, 1.807) is 6.08 Å². The average molecular weight is 246 g/mol. The van der Waals surface area contributed by atoms with Crippen molar-refractivity contribution in [3.05, 3.63) is 60.7 Å². The lowest BCUT2D eigenvalue weighted by Gasteiger charge is -2.11. The fraction of sp³-hybridized carbons (Fsp3) is 0.143. The summed E-state index contributed by atoms with van der Waals surface area (Å²) in [6.07, 6.45) is 3.22. The fourth-order valence-corrected chi connectivity index (χ4v) is 1.31. The number of esters is 1. The molecule has 0 aromatic heterocycles. The third-order valence-corrected chi connectivity index (χ3v) is 2.29. The van der Waals surface area contributed by atoms with E-state index in [0.717, 1.165) is 0 Å². The van der Waals surface area contributed by atoms with Crippen LogP contribution in [0.4, 0.5) is 0 Å². The molecule has 0 aliphatic carbocycles. The van der Waals surface area contributed by atoms with Crippen LogP contribution in [-0.2, 0) is 4.74 Å². The number of aromatic carboxylic acids is 1. The molecule has 18 heavy (non-hydrogen) atoms. The van der Waals surface area contributed by atoms with E-state index in [9.17, 15) is 9.59 Å². The summed E-state index contributed by atoms with van der Waals surface area (Å²) in [7, 11) is 0. The van der Waals surface area contributed by atoms with Crippen LogP contribution in [0.5, 0.6) is 0 Å². The highest BCUT2D eigenvalue weighted by Gasteiger charge is 2.12. The number of carbonyl (C=O) groups is 2. The molecule has 0 bridgehead atoms. The molecule has 94 valence electrons. The highest BCUT2D eigenvalue weighted by Crippen LogP contribution is 2.09. The molecular formula is C14H14O4. The molecule has 0 heterocycles. The van der Waals surface area contributed by atoms with Gasteiger partial charge in [-0.05, 0) is 24.3 Å². The van der Waals surface area contributed by atoms with Crippen LogP contribution in [0.25, 0.3) is 0 Å². The van der Waals surface area contributed by atoms with Crippen LogP contribution in [0.2, 0.25) is 0 Å². The van der Waals surface area contributed by atoms with Gasteiger partial charge in [0.1, 0.15) is 6.10 Å². The monoisotopic (exact) mass is 246 g/mol. The van der Waals surface area contributed by atoms with Gasteiger partial charge in [-0.15, -0.1) is 6.58 Å². The summed E-state index contributed by atoms with van der Waals surface area (Å²) in [5.41, 5.74) is 0.425. The van der Waals surface area contributed by atoms with Crippen molar-refractivity contribution in [3.8, 4) is 0 Å². The Kier molecular flexibility index (Phi) is 4.87. The molecule has 1 N–H and O–H groups in total. The average Bonchev–Trinajstić information content (AvgIpc) is 2.38. The van der Waals surface area contributed by atoms with Crippen molar-refractivity contribution in [1.29, 1.82) is 0 Å². The van der Waals surface area contributed by atoms with Crippen LogP contribution in [0, 0.1) is 0 Å². The lowest BCUT2D eigenvalue weighted by Crippen LogP contribution is -2.15. The van der Waals surface area contributed by atoms with Gasteiger partial charge >= 0.3 is 11.9 Å². The predicted molar refractivity (Wildman–Crippen MR) is 67.6 cm³/mol. The maximum Gasteiger partial charge on any atom is 0.338 e. The molecule has 4 heteroatoms. The minimum absolute atomic E-state index is 0.123. The highest BCUT2D eigenvalue weighted by molar-refractivity contribution is 5.92. The van der Waals surface area contributed by atoms with E-state index in [1.807, 2.05) is 0 Å². The second-order valence-electron chi connectivity index (χ2n) is 3.59. The first-order chi connectivity index (χ1) is 8.58. The van der Waals surface area contributed by atoms with E-state index in [0.29, 0.717) is 12.0 Å². The van der Waals surface area contributed by atoms with Crippen molar-refractivity contribution < 1.29 is 19.4 Å². The number of benzene rings is 1. The van der Waals surface area contributed by atoms with Gasteiger partial charge in [-0.2, -0.15) is 0 Å². The Morgan fingerprint density at radius 3 is 2.22 bits per heavy atom. The molecule has 0 spiro atoms. The van der Waals surface area contributed by atoms with Gasteiger partial charge in [0.25, 0.3) is 0 Å². The Morgan fingerprint density at radius 2 is 1.78 bits per heavy atom. The van der Waals surface area contributed by atoms with Crippen LogP contribution in [0.15, 0.2) is 49.6 Å². The lowest BCUT2D eigenvalue weighted by molar-refractivity contribution is 0.0399. The van der Waals surface area contributed by atoms with Gasteiger partial charge in [-0.1, -0.05) is 18.7 Å². The number of carbonyl (C=O) groups excluding carboxylic acids is 1. The molecule has 0 aliphatic rings. The molecule has 0 radical (unpaired) electrons. The number of ether oxygens (including phenoxy) is 1. The molecule has 4 nitrogen and oxygen atoms in total. The first-order valence-corrected chi connectivity index (χ1v) is 5.36. The molecule has 0 aliphatic heterocycles. The summed E-state index contributed by atoms with van der Waals surface area (Å²) in [5, 5.41) is 8.73. The zero-order valence-corrected chi connectivity index (χ0v) is 9.83. The van der Waals surface area contributed by atoms with Crippen molar-refractivity contribution >= 4 is 11.9 Å². The molecular weight excluding hydrogens is 232 g/mol. The molecule has 0 saturated heterocycles. The molecule has 1 aromatic carbocycles. The molecule has 1 aromatic rings. The van der Waals surface area contributed by atoms with Gasteiger partial charge in [0, 0.05) is 6.42 Å². The zero-order valence-electron chi connectivity index (χ0n) is 9.83. The smallest absolute Gasteiger partial charge is 0.338 e. The summed E-state index contributed by atoms with van der Waals surface area (Å²) < 4.78 is 5.15. The van der Waals surface area contributed by atoms with Crippen molar-refractivity contribution in [3.63, 3.8) is 0 Å².